The normalized spacial score (nSPS) is 13.7. The van der Waals surface area contributed by atoms with E-state index in [4.69, 9.17) is 29.9 Å². The van der Waals surface area contributed by atoms with Crippen LogP contribution in [0.4, 0.5) is 0 Å². The Balaban J connectivity index is 0.618. The van der Waals surface area contributed by atoms with Crippen LogP contribution in [0.25, 0.3) is 153 Å². The number of hydrogen-bond donors (Lipinski definition) is 0. The van der Waals surface area contributed by atoms with Crippen molar-refractivity contribution in [1.29, 1.82) is 0 Å². The Morgan fingerprint density at radius 3 is 0.872 bits per heavy atom. The van der Waals surface area contributed by atoms with Gasteiger partial charge in [-0.1, -0.05) is 255 Å². The van der Waals surface area contributed by atoms with Crippen molar-refractivity contribution in [3.05, 3.63) is 337 Å². The Kier molecular flexibility index (Phi) is 12.7. The predicted octanol–water partition coefficient (Wildman–Crippen LogP) is 22.4. The molecular formula is C86H52N6S2. The Morgan fingerprint density at radius 1 is 0.170 bits per heavy atom. The molecule has 3 aliphatic rings. The molecule has 2 atom stereocenters. The van der Waals surface area contributed by atoms with Crippen LogP contribution in [-0.2, 0) is 0 Å². The first-order valence-corrected chi connectivity index (χ1v) is 33.4. The van der Waals surface area contributed by atoms with Gasteiger partial charge in [-0.05, 0) is 126 Å². The molecular weight excluding hydrogens is 1180 g/mol. The van der Waals surface area contributed by atoms with E-state index in [0.29, 0.717) is 34.9 Å². The molecule has 2 bridgehead atoms. The van der Waals surface area contributed by atoms with Crippen LogP contribution < -0.4 is 0 Å². The molecule has 0 saturated heterocycles. The fourth-order valence-corrected chi connectivity index (χ4v) is 16.7. The highest BCUT2D eigenvalue weighted by atomic mass is 32.1. The van der Waals surface area contributed by atoms with Crippen LogP contribution in [0.1, 0.15) is 45.2 Å². The standard InChI is InChI=1S/C86H52N6S2/c1-3-15-53(16-4-1)81-87-83(91-85(89-81)63-21-13-19-57(45-63)61-37-41-67-65-23-9-11-27-75(65)93-77(67)49-61)55-33-29-51(30-34-55)59-39-43-71-73(47-59)79-69-25-7-8-26-70(69)80(71)74-48-60(40-44-72(74)79)52-31-35-56(36-32-52)84-88-82(54-17-5-2-6-18-54)90-86(92-84)64-22-14-20-58(46-64)62-38-42-68-66-24-10-12-28-76(66)94-78(68)50-62/h1-50,79-80H. The van der Waals surface area contributed by atoms with E-state index in [1.807, 2.05) is 59.1 Å². The molecule has 0 amide bonds. The molecule has 0 spiro atoms. The molecule has 8 heteroatoms. The Labute approximate surface area is 550 Å². The third-order valence-electron chi connectivity index (χ3n) is 19.0. The zero-order valence-corrected chi connectivity index (χ0v) is 52.2. The molecule has 0 saturated carbocycles. The van der Waals surface area contributed by atoms with E-state index >= 15 is 0 Å². The second-order valence-electron chi connectivity index (χ2n) is 24.5. The lowest BCUT2D eigenvalue weighted by Gasteiger charge is -2.42. The Bertz CT molecular complexity index is 5520. The van der Waals surface area contributed by atoms with Gasteiger partial charge in [-0.25, -0.2) is 29.9 Å². The fraction of sp³-hybridized carbons (Fsp3) is 0.0233. The first kappa shape index (κ1) is 54.1. The van der Waals surface area contributed by atoms with E-state index in [-0.39, 0.29) is 11.8 Å². The summed E-state index contributed by atoms with van der Waals surface area (Å²) in [6, 6.07) is 109. The maximum Gasteiger partial charge on any atom is 0.164 e. The highest BCUT2D eigenvalue weighted by Gasteiger charge is 2.41. The maximum absolute atomic E-state index is 5.20. The van der Waals surface area contributed by atoms with Gasteiger partial charge in [0.25, 0.3) is 0 Å². The van der Waals surface area contributed by atoms with Crippen molar-refractivity contribution in [1.82, 2.24) is 29.9 Å². The van der Waals surface area contributed by atoms with Gasteiger partial charge in [0.1, 0.15) is 0 Å². The van der Waals surface area contributed by atoms with Gasteiger partial charge in [-0.2, -0.15) is 0 Å². The minimum atomic E-state index is 0.0990. The molecule has 94 heavy (non-hydrogen) atoms. The molecule has 438 valence electrons. The van der Waals surface area contributed by atoms with Crippen molar-refractivity contribution in [2.24, 2.45) is 0 Å². The molecule has 4 heterocycles. The second-order valence-corrected chi connectivity index (χ2v) is 26.6. The number of hydrogen-bond acceptors (Lipinski definition) is 8. The molecule has 6 nitrogen and oxygen atoms in total. The summed E-state index contributed by atoms with van der Waals surface area (Å²) in [6.45, 7) is 0. The molecule has 0 fully saturated rings. The first-order valence-electron chi connectivity index (χ1n) is 31.8. The lowest BCUT2D eigenvalue weighted by Crippen LogP contribution is -2.27. The van der Waals surface area contributed by atoms with Gasteiger partial charge in [-0.15, -0.1) is 22.7 Å². The summed E-state index contributed by atoms with van der Waals surface area (Å²) in [5.41, 5.74) is 23.0. The van der Waals surface area contributed by atoms with E-state index in [1.54, 1.807) is 0 Å². The highest BCUT2D eigenvalue weighted by molar-refractivity contribution is 7.26. The number of thiophene rings is 2. The zero-order valence-electron chi connectivity index (χ0n) is 50.5. The van der Waals surface area contributed by atoms with Crippen LogP contribution >= 0.6 is 22.7 Å². The van der Waals surface area contributed by atoms with E-state index < -0.39 is 0 Å². The van der Waals surface area contributed by atoms with Gasteiger partial charge in [0.15, 0.2) is 34.9 Å². The smallest absolute Gasteiger partial charge is 0.164 e. The largest absolute Gasteiger partial charge is 0.208 e. The van der Waals surface area contributed by atoms with Crippen molar-refractivity contribution >= 4 is 63.0 Å². The van der Waals surface area contributed by atoms with Gasteiger partial charge in [0.05, 0.1) is 0 Å². The molecule has 3 aliphatic carbocycles. The van der Waals surface area contributed by atoms with E-state index in [9.17, 15) is 0 Å². The van der Waals surface area contributed by atoms with Crippen LogP contribution in [0.15, 0.2) is 303 Å². The van der Waals surface area contributed by atoms with Crippen molar-refractivity contribution in [2.45, 2.75) is 11.8 Å². The number of benzene rings is 13. The number of aromatic nitrogens is 6. The lowest BCUT2D eigenvalue weighted by atomic mass is 9.60. The quantitative estimate of drug-likeness (QED) is 0.136. The van der Waals surface area contributed by atoms with Gasteiger partial charge in [-0.3, -0.25) is 0 Å². The van der Waals surface area contributed by atoms with Crippen LogP contribution in [0, 0.1) is 0 Å². The summed E-state index contributed by atoms with van der Waals surface area (Å²) >= 11 is 3.67. The number of rotatable bonds is 10. The molecule has 17 aromatic rings. The summed E-state index contributed by atoms with van der Waals surface area (Å²) in [4.78, 5) is 30.9. The van der Waals surface area contributed by atoms with Crippen molar-refractivity contribution in [3.63, 3.8) is 0 Å². The van der Waals surface area contributed by atoms with Gasteiger partial charge < -0.3 is 0 Å². The van der Waals surface area contributed by atoms with Crippen molar-refractivity contribution < 1.29 is 0 Å². The molecule has 13 aromatic carbocycles. The zero-order chi connectivity index (χ0) is 61.8. The summed E-state index contributed by atoms with van der Waals surface area (Å²) in [5.74, 6) is 3.99. The highest BCUT2D eigenvalue weighted by Crippen LogP contribution is 2.57. The van der Waals surface area contributed by atoms with Crippen molar-refractivity contribution in [3.8, 4) is 113 Å². The SMILES string of the molecule is c1ccc(-c2nc(-c3ccc(-c4ccc5c(c4)C4c6ccccc6C5c5cc(-c6ccc(-c7nc(-c8ccccc8)nc(-c8cccc(-c9ccc%10c(c9)sc9ccccc9%10)c8)n7)cc6)ccc54)cc3)nc(-c3cccc(-c4ccc5c(c4)sc4ccccc45)c3)n2)cc1. The monoisotopic (exact) mass is 1230 g/mol. The summed E-state index contributed by atoms with van der Waals surface area (Å²) in [5, 5.41) is 5.17. The van der Waals surface area contributed by atoms with Crippen LogP contribution in [-0.4, -0.2) is 29.9 Å². The topological polar surface area (TPSA) is 77.3 Å². The average Bonchev–Trinajstić information content (AvgIpc) is 0.923. The molecule has 20 rings (SSSR count). The maximum atomic E-state index is 5.20. The second kappa shape index (κ2) is 22.0. The first-order chi connectivity index (χ1) is 46.5. The van der Waals surface area contributed by atoms with E-state index in [1.165, 1.54) is 84.9 Å². The fourth-order valence-electron chi connectivity index (χ4n) is 14.4. The van der Waals surface area contributed by atoms with E-state index in [2.05, 4.69) is 267 Å². The van der Waals surface area contributed by atoms with Crippen LogP contribution in [0.5, 0.6) is 0 Å². The third kappa shape index (κ3) is 9.28. The summed E-state index contributed by atoms with van der Waals surface area (Å²) < 4.78 is 5.15. The Morgan fingerprint density at radius 2 is 0.447 bits per heavy atom. The van der Waals surface area contributed by atoms with Crippen LogP contribution in [0.3, 0.4) is 0 Å². The summed E-state index contributed by atoms with van der Waals surface area (Å²) in [6.07, 6.45) is 0. The Hall–Kier alpha value is -11.7. The van der Waals surface area contributed by atoms with Gasteiger partial charge in [0.2, 0.25) is 0 Å². The molecule has 2 unspecified atom stereocenters. The summed E-state index contributed by atoms with van der Waals surface area (Å²) in [7, 11) is 0. The van der Waals surface area contributed by atoms with Crippen LogP contribution in [0.2, 0.25) is 0 Å². The third-order valence-corrected chi connectivity index (χ3v) is 21.3. The molecule has 0 N–H and O–H groups in total. The minimum Gasteiger partial charge on any atom is -0.208 e. The molecule has 0 aliphatic heterocycles. The van der Waals surface area contributed by atoms with Gasteiger partial charge in [0, 0.05) is 85.6 Å². The van der Waals surface area contributed by atoms with Crippen molar-refractivity contribution in [2.75, 3.05) is 0 Å². The predicted molar refractivity (Wildman–Crippen MR) is 388 cm³/mol. The number of nitrogens with zero attached hydrogens (tertiary/aromatic N) is 6. The molecule has 0 radical (unpaired) electrons. The molecule has 4 aromatic heterocycles. The average molecular weight is 1230 g/mol. The lowest BCUT2D eigenvalue weighted by molar-refractivity contribution is 0.755. The minimum absolute atomic E-state index is 0.0990. The number of fused-ring (bicyclic) bond motifs is 6. The van der Waals surface area contributed by atoms with E-state index in [0.717, 1.165) is 66.8 Å². The van der Waals surface area contributed by atoms with Gasteiger partial charge >= 0.3 is 0 Å².